The Morgan fingerprint density at radius 3 is 2.69 bits per heavy atom. The van der Waals surface area contributed by atoms with E-state index in [1.54, 1.807) is 0 Å². The maximum Gasteiger partial charge on any atom is 0.175 e. The molecule has 3 aromatic rings. The average Bonchev–Trinajstić information content (AvgIpc) is 3.01. The highest BCUT2D eigenvalue weighted by Crippen LogP contribution is 2.38. The molecule has 0 aliphatic heterocycles. The van der Waals surface area contributed by atoms with Gasteiger partial charge in [-0.25, -0.2) is 0 Å². The predicted octanol–water partition coefficient (Wildman–Crippen LogP) is 4.95. The molecule has 2 unspecified atom stereocenters. The Kier molecular flexibility index (Phi) is 4.66. The summed E-state index contributed by atoms with van der Waals surface area (Å²) in [5, 5.41) is 8.34. The van der Waals surface area contributed by atoms with Crippen molar-refractivity contribution in [3.05, 3.63) is 59.8 Å². The number of aromatic amines is 1. The molecule has 5 heteroatoms. The lowest BCUT2D eigenvalue weighted by molar-refractivity contribution is 0.394. The van der Waals surface area contributed by atoms with Crippen molar-refractivity contribution in [2.75, 3.05) is 10.6 Å². The van der Waals surface area contributed by atoms with E-state index in [0.717, 1.165) is 29.7 Å². The Bertz CT molecular complexity index is 932. The second-order valence-electron chi connectivity index (χ2n) is 7.04. The van der Waals surface area contributed by atoms with E-state index < -0.39 is 0 Å². The van der Waals surface area contributed by atoms with Crippen LogP contribution in [-0.4, -0.2) is 10.1 Å². The Hall–Kier alpha value is -2.37. The van der Waals surface area contributed by atoms with Gasteiger partial charge in [-0.2, -0.15) is 0 Å². The summed E-state index contributed by atoms with van der Waals surface area (Å²) in [5.41, 5.74) is 12.1. The quantitative estimate of drug-likeness (QED) is 0.497. The molecule has 1 aromatic heterocycles. The zero-order chi connectivity index (χ0) is 18.1. The first-order valence-corrected chi connectivity index (χ1v) is 9.58. The average molecular weight is 365 g/mol. The highest BCUT2D eigenvalue weighted by atomic mass is 32.1. The number of rotatable bonds is 3. The molecule has 0 saturated heterocycles. The first kappa shape index (κ1) is 17.1. The molecule has 4 nitrogen and oxygen atoms in total. The van der Waals surface area contributed by atoms with Crippen LogP contribution in [0.1, 0.15) is 37.1 Å². The molecule has 0 saturated carbocycles. The van der Waals surface area contributed by atoms with E-state index in [4.69, 9.17) is 18.0 Å². The van der Waals surface area contributed by atoms with Crippen LogP contribution in [0.3, 0.4) is 0 Å². The number of nitrogens with two attached hydrogens (primary N) is 1. The third-order valence-corrected chi connectivity index (χ3v) is 5.46. The number of H-pyrrole nitrogens is 1. The van der Waals surface area contributed by atoms with Gasteiger partial charge in [0.05, 0.1) is 0 Å². The molecule has 26 heavy (non-hydrogen) atoms. The summed E-state index contributed by atoms with van der Waals surface area (Å²) in [6, 6.07) is 16.4. The van der Waals surface area contributed by atoms with Crippen LogP contribution in [0.25, 0.3) is 10.9 Å². The third kappa shape index (κ3) is 3.32. The maximum absolute atomic E-state index is 6.40. The normalized spacial score (nSPS) is 19.2. The molecule has 0 bridgehead atoms. The zero-order valence-corrected chi connectivity index (χ0v) is 15.7. The van der Waals surface area contributed by atoms with E-state index in [1.165, 1.54) is 23.1 Å². The molecule has 2 atom stereocenters. The van der Waals surface area contributed by atoms with Gasteiger partial charge in [0.1, 0.15) is 0 Å². The van der Waals surface area contributed by atoms with Gasteiger partial charge in [-0.05, 0) is 66.9 Å². The molecule has 0 radical (unpaired) electrons. The SMILES string of the molecule is CCC1Cc2c([nH]c3ccc(NC(=S)Nc4ccccc4)cc23)C(N)C1. The van der Waals surface area contributed by atoms with E-state index in [0.29, 0.717) is 11.0 Å². The van der Waals surface area contributed by atoms with Gasteiger partial charge in [-0.3, -0.25) is 0 Å². The number of hydrogen-bond acceptors (Lipinski definition) is 2. The van der Waals surface area contributed by atoms with Gasteiger partial charge < -0.3 is 21.4 Å². The minimum atomic E-state index is 0.105. The van der Waals surface area contributed by atoms with Crippen LogP contribution in [0, 0.1) is 5.92 Å². The number of thiocarbonyl (C=S) groups is 1. The van der Waals surface area contributed by atoms with Crippen LogP contribution in [-0.2, 0) is 6.42 Å². The van der Waals surface area contributed by atoms with Crippen molar-refractivity contribution in [1.82, 2.24) is 4.98 Å². The summed E-state index contributed by atoms with van der Waals surface area (Å²) in [6.07, 6.45) is 3.32. The van der Waals surface area contributed by atoms with Crippen molar-refractivity contribution in [2.45, 2.75) is 32.2 Å². The lowest BCUT2D eigenvalue weighted by Gasteiger charge is -2.26. The standard InChI is InChI=1S/C21H24N4S/c1-2-13-10-17-16-12-15(8-9-19(16)25-20(17)18(22)11-13)24-21(26)23-14-6-4-3-5-7-14/h3-9,12-13,18,25H,2,10-11,22H2,1H3,(H2,23,24,26). The summed E-state index contributed by atoms with van der Waals surface area (Å²) in [6.45, 7) is 2.25. The smallest absolute Gasteiger partial charge is 0.175 e. The second-order valence-corrected chi connectivity index (χ2v) is 7.45. The molecule has 1 aliphatic carbocycles. The van der Waals surface area contributed by atoms with Gasteiger partial charge in [-0.15, -0.1) is 0 Å². The van der Waals surface area contributed by atoms with Crippen LogP contribution < -0.4 is 16.4 Å². The van der Waals surface area contributed by atoms with Gasteiger partial charge in [0, 0.05) is 34.0 Å². The molecule has 2 aromatic carbocycles. The highest BCUT2D eigenvalue weighted by molar-refractivity contribution is 7.80. The van der Waals surface area contributed by atoms with Crippen molar-refractivity contribution in [2.24, 2.45) is 11.7 Å². The first-order valence-electron chi connectivity index (χ1n) is 9.17. The van der Waals surface area contributed by atoms with E-state index >= 15 is 0 Å². The number of aromatic nitrogens is 1. The molecular formula is C21H24N4S. The number of para-hydroxylation sites is 1. The molecule has 4 rings (SSSR count). The predicted molar refractivity (Wildman–Crippen MR) is 114 cm³/mol. The first-order chi connectivity index (χ1) is 12.6. The second kappa shape index (κ2) is 7.09. The monoisotopic (exact) mass is 364 g/mol. The Morgan fingerprint density at radius 1 is 1.15 bits per heavy atom. The van der Waals surface area contributed by atoms with Crippen molar-refractivity contribution >= 4 is 39.6 Å². The molecule has 1 aliphatic rings. The fraction of sp³-hybridized carbons (Fsp3) is 0.286. The van der Waals surface area contributed by atoms with Crippen LogP contribution in [0.15, 0.2) is 48.5 Å². The molecule has 1 heterocycles. The third-order valence-electron chi connectivity index (χ3n) is 5.26. The number of hydrogen-bond donors (Lipinski definition) is 4. The Balaban J connectivity index is 1.58. The van der Waals surface area contributed by atoms with Gasteiger partial charge in [0.2, 0.25) is 0 Å². The van der Waals surface area contributed by atoms with Crippen LogP contribution in [0.5, 0.6) is 0 Å². The lowest BCUT2D eigenvalue weighted by Crippen LogP contribution is -2.23. The van der Waals surface area contributed by atoms with Crippen LogP contribution in [0.2, 0.25) is 0 Å². The van der Waals surface area contributed by atoms with Gasteiger partial charge in [0.25, 0.3) is 0 Å². The van der Waals surface area contributed by atoms with Crippen molar-refractivity contribution in [1.29, 1.82) is 0 Å². The van der Waals surface area contributed by atoms with E-state index in [2.05, 4.69) is 34.7 Å². The topological polar surface area (TPSA) is 65.9 Å². The van der Waals surface area contributed by atoms with Crippen LogP contribution >= 0.6 is 12.2 Å². The Labute approximate surface area is 159 Å². The van der Waals surface area contributed by atoms with Crippen molar-refractivity contribution < 1.29 is 0 Å². The molecular weight excluding hydrogens is 340 g/mol. The number of benzene rings is 2. The zero-order valence-electron chi connectivity index (χ0n) is 14.9. The summed E-state index contributed by atoms with van der Waals surface area (Å²) in [7, 11) is 0. The fourth-order valence-electron chi connectivity index (χ4n) is 3.86. The molecule has 134 valence electrons. The highest BCUT2D eigenvalue weighted by Gasteiger charge is 2.27. The summed E-state index contributed by atoms with van der Waals surface area (Å²) in [5.74, 6) is 0.661. The van der Waals surface area contributed by atoms with E-state index in [-0.39, 0.29) is 6.04 Å². The molecule has 0 spiro atoms. The van der Waals surface area contributed by atoms with Gasteiger partial charge in [0.15, 0.2) is 5.11 Å². The fourth-order valence-corrected chi connectivity index (χ4v) is 4.09. The van der Waals surface area contributed by atoms with Gasteiger partial charge in [-0.1, -0.05) is 31.5 Å². The summed E-state index contributed by atoms with van der Waals surface area (Å²) in [4.78, 5) is 3.53. The summed E-state index contributed by atoms with van der Waals surface area (Å²) < 4.78 is 0. The Morgan fingerprint density at radius 2 is 1.92 bits per heavy atom. The maximum atomic E-state index is 6.40. The van der Waals surface area contributed by atoms with Crippen molar-refractivity contribution in [3.63, 3.8) is 0 Å². The number of anilines is 2. The molecule has 5 N–H and O–H groups in total. The lowest BCUT2D eigenvalue weighted by atomic mass is 9.82. The van der Waals surface area contributed by atoms with Crippen LogP contribution in [0.4, 0.5) is 11.4 Å². The largest absolute Gasteiger partial charge is 0.357 e. The minimum absolute atomic E-state index is 0.105. The van der Waals surface area contributed by atoms with Crippen molar-refractivity contribution in [3.8, 4) is 0 Å². The van der Waals surface area contributed by atoms with E-state index in [9.17, 15) is 0 Å². The summed E-state index contributed by atoms with van der Waals surface area (Å²) >= 11 is 5.45. The molecule has 0 fully saturated rings. The van der Waals surface area contributed by atoms with Gasteiger partial charge >= 0.3 is 0 Å². The number of nitrogens with one attached hydrogen (secondary N) is 3. The number of fused-ring (bicyclic) bond motifs is 3. The molecule has 0 amide bonds. The van der Waals surface area contributed by atoms with E-state index in [1.807, 2.05) is 36.4 Å². The minimum Gasteiger partial charge on any atom is -0.357 e.